The van der Waals surface area contributed by atoms with Crippen molar-refractivity contribution in [2.24, 2.45) is 0 Å². The second-order valence-corrected chi connectivity index (χ2v) is 4.62. The summed E-state index contributed by atoms with van der Waals surface area (Å²) in [5.41, 5.74) is 0.453. The first-order valence-corrected chi connectivity index (χ1v) is 6.80. The Kier molecular flexibility index (Phi) is 5.08. The molecule has 1 heterocycles. The van der Waals surface area contributed by atoms with Crippen molar-refractivity contribution in [3.63, 3.8) is 0 Å². The monoisotopic (exact) mass is 299 g/mol. The Bertz CT molecular complexity index is 641. The van der Waals surface area contributed by atoms with Crippen LogP contribution in [0.4, 0.5) is 0 Å². The molecule has 0 bridgehead atoms. The molecule has 1 atom stereocenters. The lowest BCUT2D eigenvalue weighted by Gasteiger charge is -2.12. The van der Waals surface area contributed by atoms with Crippen molar-refractivity contribution in [3.8, 4) is 11.5 Å². The molecule has 0 radical (unpaired) electrons. The Morgan fingerprint density at radius 1 is 1.14 bits per heavy atom. The second kappa shape index (κ2) is 7.21. The maximum absolute atomic E-state index is 12.0. The zero-order valence-electron chi connectivity index (χ0n) is 12.4. The Hall–Kier alpha value is -2.89. The summed E-state index contributed by atoms with van der Waals surface area (Å²) in [6.45, 7) is 1.62. The number of pyridine rings is 1. The van der Waals surface area contributed by atoms with E-state index in [1.165, 1.54) is 7.05 Å². The van der Waals surface area contributed by atoms with Crippen LogP contribution < -0.4 is 15.4 Å². The van der Waals surface area contributed by atoms with Crippen LogP contribution in [0.3, 0.4) is 0 Å². The number of hydrogen-bond acceptors (Lipinski definition) is 4. The maximum Gasteiger partial charge on any atom is 0.251 e. The van der Waals surface area contributed by atoms with Crippen LogP contribution in [0.5, 0.6) is 11.5 Å². The third-order valence-electron chi connectivity index (χ3n) is 2.97. The SMILES string of the molecule is CNC(=O)[C@H](C)NC(=O)c1ccc(Oc2cccnc2)cc1. The van der Waals surface area contributed by atoms with Crippen molar-refractivity contribution in [2.75, 3.05) is 7.05 Å². The highest BCUT2D eigenvalue weighted by molar-refractivity contribution is 5.97. The van der Waals surface area contributed by atoms with Crippen LogP contribution in [0.2, 0.25) is 0 Å². The third-order valence-corrected chi connectivity index (χ3v) is 2.97. The highest BCUT2D eigenvalue weighted by Crippen LogP contribution is 2.20. The van der Waals surface area contributed by atoms with Gasteiger partial charge >= 0.3 is 0 Å². The average molecular weight is 299 g/mol. The number of nitrogens with zero attached hydrogens (tertiary/aromatic N) is 1. The minimum absolute atomic E-state index is 0.245. The molecular formula is C16H17N3O3. The van der Waals surface area contributed by atoms with Crippen LogP contribution in [0.1, 0.15) is 17.3 Å². The van der Waals surface area contributed by atoms with Gasteiger partial charge in [-0.2, -0.15) is 0 Å². The van der Waals surface area contributed by atoms with Crippen molar-refractivity contribution < 1.29 is 14.3 Å². The quantitative estimate of drug-likeness (QED) is 0.881. The summed E-state index contributed by atoms with van der Waals surface area (Å²) in [5, 5.41) is 5.09. The first-order valence-electron chi connectivity index (χ1n) is 6.80. The van der Waals surface area contributed by atoms with E-state index < -0.39 is 6.04 Å². The molecule has 114 valence electrons. The Morgan fingerprint density at radius 3 is 2.45 bits per heavy atom. The molecule has 0 unspecified atom stereocenters. The molecule has 1 aromatic carbocycles. The highest BCUT2D eigenvalue weighted by Gasteiger charge is 2.15. The van der Waals surface area contributed by atoms with E-state index in [0.29, 0.717) is 17.1 Å². The topological polar surface area (TPSA) is 80.3 Å². The fraction of sp³-hybridized carbons (Fsp3) is 0.188. The summed E-state index contributed by atoms with van der Waals surface area (Å²) in [4.78, 5) is 27.3. The van der Waals surface area contributed by atoms with Gasteiger partial charge in [0.05, 0.1) is 6.20 Å². The van der Waals surface area contributed by atoms with Gasteiger partial charge in [-0.25, -0.2) is 0 Å². The summed E-state index contributed by atoms with van der Waals surface area (Å²) in [6, 6.07) is 9.62. The molecular weight excluding hydrogens is 282 g/mol. The lowest BCUT2D eigenvalue weighted by Crippen LogP contribution is -2.43. The minimum atomic E-state index is -0.594. The van der Waals surface area contributed by atoms with Gasteiger partial charge in [-0.15, -0.1) is 0 Å². The molecule has 0 aliphatic carbocycles. The predicted octanol–water partition coefficient (Wildman–Crippen LogP) is 1.74. The van der Waals surface area contributed by atoms with E-state index in [4.69, 9.17) is 4.74 Å². The van der Waals surface area contributed by atoms with E-state index in [2.05, 4.69) is 15.6 Å². The smallest absolute Gasteiger partial charge is 0.251 e. The second-order valence-electron chi connectivity index (χ2n) is 4.62. The van der Waals surface area contributed by atoms with Gasteiger partial charge in [0, 0.05) is 18.8 Å². The summed E-state index contributed by atoms with van der Waals surface area (Å²) in [5.74, 6) is 0.658. The van der Waals surface area contributed by atoms with Crippen LogP contribution in [0.15, 0.2) is 48.8 Å². The molecule has 0 saturated carbocycles. The molecule has 22 heavy (non-hydrogen) atoms. The number of amides is 2. The van der Waals surface area contributed by atoms with Gasteiger partial charge < -0.3 is 15.4 Å². The number of carbonyl (C=O) groups excluding carboxylic acids is 2. The van der Waals surface area contributed by atoms with Gasteiger partial charge in [0.2, 0.25) is 5.91 Å². The number of aromatic nitrogens is 1. The summed E-state index contributed by atoms with van der Waals surface area (Å²) < 4.78 is 5.59. The summed E-state index contributed by atoms with van der Waals surface area (Å²) in [6.07, 6.45) is 3.26. The van der Waals surface area contributed by atoms with Gasteiger partial charge in [-0.1, -0.05) is 0 Å². The van der Waals surface area contributed by atoms with E-state index in [0.717, 1.165) is 0 Å². The molecule has 0 aliphatic heterocycles. The van der Waals surface area contributed by atoms with E-state index in [1.807, 2.05) is 0 Å². The van der Waals surface area contributed by atoms with Crippen molar-refractivity contribution >= 4 is 11.8 Å². The van der Waals surface area contributed by atoms with Crippen LogP contribution >= 0.6 is 0 Å². The standard InChI is InChI=1S/C16H17N3O3/c1-11(15(20)17-2)19-16(21)12-5-7-13(8-6-12)22-14-4-3-9-18-10-14/h3-11H,1-2H3,(H,17,20)(H,19,21)/t11-/m0/s1. The number of hydrogen-bond donors (Lipinski definition) is 2. The van der Waals surface area contributed by atoms with Crippen LogP contribution in [0, 0.1) is 0 Å². The molecule has 1 aromatic heterocycles. The van der Waals surface area contributed by atoms with Crippen molar-refractivity contribution in [2.45, 2.75) is 13.0 Å². The molecule has 2 amide bonds. The van der Waals surface area contributed by atoms with Gasteiger partial charge in [0.25, 0.3) is 5.91 Å². The molecule has 2 N–H and O–H groups in total. The Labute approximate surface area is 128 Å². The van der Waals surface area contributed by atoms with Crippen LogP contribution in [-0.4, -0.2) is 29.9 Å². The normalized spacial score (nSPS) is 11.4. The van der Waals surface area contributed by atoms with E-state index in [1.54, 1.807) is 55.7 Å². The van der Waals surface area contributed by atoms with Gasteiger partial charge in [0.15, 0.2) is 0 Å². The zero-order valence-corrected chi connectivity index (χ0v) is 12.4. The van der Waals surface area contributed by atoms with E-state index in [9.17, 15) is 9.59 Å². The summed E-state index contributed by atoms with van der Waals surface area (Å²) in [7, 11) is 1.52. The number of carbonyl (C=O) groups is 2. The molecule has 0 saturated heterocycles. The largest absolute Gasteiger partial charge is 0.456 e. The molecule has 6 heteroatoms. The average Bonchev–Trinajstić information content (AvgIpc) is 2.55. The van der Waals surface area contributed by atoms with Crippen molar-refractivity contribution in [1.82, 2.24) is 15.6 Å². The number of ether oxygens (including phenoxy) is 1. The van der Waals surface area contributed by atoms with Crippen molar-refractivity contribution in [3.05, 3.63) is 54.4 Å². The van der Waals surface area contributed by atoms with Crippen molar-refractivity contribution in [1.29, 1.82) is 0 Å². The lowest BCUT2D eigenvalue weighted by atomic mass is 10.2. The van der Waals surface area contributed by atoms with Crippen LogP contribution in [0.25, 0.3) is 0 Å². The molecule has 0 aliphatic rings. The summed E-state index contributed by atoms with van der Waals surface area (Å²) >= 11 is 0. The molecule has 2 aromatic rings. The molecule has 2 rings (SSSR count). The number of rotatable bonds is 5. The number of benzene rings is 1. The Morgan fingerprint density at radius 2 is 1.86 bits per heavy atom. The zero-order chi connectivity index (χ0) is 15.9. The van der Waals surface area contributed by atoms with E-state index >= 15 is 0 Å². The fourth-order valence-electron chi connectivity index (χ4n) is 1.78. The first-order chi connectivity index (χ1) is 10.6. The molecule has 0 spiro atoms. The van der Waals surface area contributed by atoms with Gasteiger partial charge in [-0.05, 0) is 43.3 Å². The third kappa shape index (κ3) is 4.05. The number of likely N-dealkylation sites (N-methyl/N-ethyl adjacent to an activating group) is 1. The highest BCUT2D eigenvalue weighted by atomic mass is 16.5. The fourth-order valence-corrected chi connectivity index (χ4v) is 1.78. The van der Waals surface area contributed by atoms with Crippen LogP contribution in [-0.2, 0) is 4.79 Å². The maximum atomic E-state index is 12.0. The number of nitrogens with one attached hydrogen (secondary N) is 2. The Balaban J connectivity index is 1.99. The van der Waals surface area contributed by atoms with Gasteiger partial charge in [-0.3, -0.25) is 14.6 Å². The van der Waals surface area contributed by atoms with Gasteiger partial charge in [0.1, 0.15) is 17.5 Å². The minimum Gasteiger partial charge on any atom is -0.456 e. The first kappa shape index (κ1) is 15.5. The van der Waals surface area contributed by atoms with E-state index in [-0.39, 0.29) is 11.8 Å². The predicted molar refractivity (Wildman–Crippen MR) is 81.7 cm³/mol. The molecule has 0 fully saturated rings. The lowest BCUT2D eigenvalue weighted by molar-refractivity contribution is -0.122. The molecule has 6 nitrogen and oxygen atoms in total.